The van der Waals surface area contributed by atoms with Gasteiger partial charge < -0.3 is 5.32 Å². The van der Waals surface area contributed by atoms with E-state index in [0.29, 0.717) is 0 Å². The monoisotopic (exact) mass is 251 g/mol. The van der Waals surface area contributed by atoms with Gasteiger partial charge in [-0.05, 0) is 12.8 Å². The van der Waals surface area contributed by atoms with Crippen LogP contribution >= 0.6 is 11.3 Å². The molecule has 2 aromatic rings. The Labute approximate surface area is 105 Å². The number of aromatic nitrogens is 4. The van der Waals surface area contributed by atoms with Crippen molar-refractivity contribution in [1.82, 2.24) is 20.0 Å². The van der Waals surface area contributed by atoms with E-state index in [4.69, 9.17) is 0 Å². The summed E-state index contributed by atoms with van der Waals surface area (Å²) in [4.78, 5) is 0. The van der Waals surface area contributed by atoms with Crippen molar-refractivity contribution >= 4 is 16.5 Å². The number of hydrogen-bond acceptors (Lipinski definition) is 5. The average Bonchev–Trinajstić information content (AvgIpc) is 2.95. The third kappa shape index (κ3) is 3.03. The lowest BCUT2D eigenvalue weighted by Crippen LogP contribution is -1.98. The van der Waals surface area contributed by atoms with Gasteiger partial charge in [0.1, 0.15) is 0 Å². The van der Waals surface area contributed by atoms with E-state index in [1.165, 1.54) is 0 Å². The molecule has 0 bridgehead atoms. The Morgan fingerprint density at radius 2 is 2.18 bits per heavy atom. The Morgan fingerprint density at radius 3 is 2.94 bits per heavy atom. The second-order valence-corrected chi connectivity index (χ2v) is 4.81. The summed E-state index contributed by atoms with van der Waals surface area (Å²) < 4.78 is 1.94. The van der Waals surface area contributed by atoms with Crippen LogP contribution in [0.3, 0.4) is 0 Å². The molecule has 0 aliphatic rings. The van der Waals surface area contributed by atoms with E-state index in [0.717, 1.165) is 41.6 Å². The number of nitrogens with one attached hydrogen (secondary N) is 1. The zero-order valence-electron chi connectivity index (χ0n) is 10.2. The molecule has 0 fully saturated rings. The highest BCUT2D eigenvalue weighted by atomic mass is 32.1. The lowest BCUT2D eigenvalue weighted by atomic mass is 10.4. The van der Waals surface area contributed by atoms with E-state index in [1.54, 1.807) is 11.3 Å². The Hall–Kier alpha value is -1.43. The Bertz CT molecular complexity index is 462. The molecule has 17 heavy (non-hydrogen) atoms. The van der Waals surface area contributed by atoms with Crippen molar-refractivity contribution in [2.45, 2.75) is 33.2 Å². The standard InChI is InChI=1S/C11H17N5S/c1-3-5-12-11-15-14-10(17-11)9-7-13-16(8-9)6-4-2/h7-8H,3-6H2,1-2H3,(H,12,15). The number of rotatable bonds is 6. The molecule has 0 aliphatic carbocycles. The fourth-order valence-corrected chi connectivity index (χ4v) is 2.21. The van der Waals surface area contributed by atoms with Crippen molar-refractivity contribution in [3.8, 4) is 10.6 Å². The van der Waals surface area contributed by atoms with Crippen LogP contribution in [0.25, 0.3) is 10.6 Å². The molecule has 2 heterocycles. The molecule has 0 aromatic carbocycles. The molecule has 0 radical (unpaired) electrons. The van der Waals surface area contributed by atoms with E-state index in [2.05, 4.69) is 34.5 Å². The number of anilines is 1. The van der Waals surface area contributed by atoms with Crippen LogP contribution < -0.4 is 5.32 Å². The van der Waals surface area contributed by atoms with E-state index >= 15 is 0 Å². The zero-order valence-corrected chi connectivity index (χ0v) is 11.0. The number of hydrogen-bond donors (Lipinski definition) is 1. The summed E-state index contributed by atoms with van der Waals surface area (Å²) in [6.07, 6.45) is 6.04. The van der Waals surface area contributed by atoms with Gasteiger partial charge in [0.25, 0.3) is 0 Å². The molecule has 0 saturated carbocycles. The van der Waals surface area contributed by atoms with Crippen LogP contribution in [0.4, 0.5) is 5.13 Å². The largest absolute Gasteiger partial charge is 0.360 e. The van der Waals surface area contributed by atoms with E-state index in [1.807, 2.05) is 17.1 Å². The third-order valence-corrected chi connectivity index (χ3v) is 3.21. The van der Waals surface area contributed by atoms with Crippen molar-refractivity contribution < 1.29 is 0 Å². The van der Waals surface area contributed by atoms with Crippen LogP contribution in [-0.2, 0) is 6.54 Å². The first kappa shape index (κ1) is 12.0. The maximum atomic E-state index is 4.29. The van der Waals surface area contributed by atoms with Crippen molar-refractivity contribution in [2.75, 3.05) is 11.9 Å². The Kier molecular flexibility index (Phi) is 4.08. The third-order valence-electron chi connectivity index (χ3n) is 2.28. The minimum Gasteiger partial charge on any atom is -0.360 e. The Morgan fingerprint density at radius 1 is 1.29 bits per heavy atom. The van der Waals surface area contributed by atoms with Gasteiger partial charge in [0.05, 0.1) is 11.8 Å². The molecule has 0 amide bonds. The predicted octanol–water partition coefficient (Wildman–Crippen LogP) is 2.63. The van der Waals surface area contributed by atoms with Gasteiger partial charge in [0.15, 0.2) is 5.01 Å². The molecule has 0 aliphatic heterocycles. The second-order valence-electron chi connectivity index (χ2n) is 3.83. The number of aryl methyl sites for hydroxylation is 1. The minimum atomic E-state index is 0.880. The van der Waals surface area contributed by atoms with Crippen molar-refractivity contribution in [3.63, 3.8) is 0 Å². The summed E-state index contributed by atoms with van der Waals surface area (Å²) in [5.41, 5.74) is 1.04. The normalized spacial score (nSPS) is 10.7. The van der Waals surface area contributed by atoms with Gasteiger partial charge in [-0.2, -0.15) is 5.10 Å². The van der Waals surface area contributed by atoms with Gasteiger partial charge in [0, 0.05) is 19.3 Å². The van der Waals surface area contributed by atoms with E-state index < -0.39 is 0 Å². The highest BCUT2D eigenvalue weighted by Crippen LogP contribution is 2.25. The van der Waals surface area contributed by atoms with Crippen LogP contribution in [0.1, 0.15) is 26.7 Å². The first-order chi connectivity index (χ1) is 8.33. The molecular weight excluding hydrogens is 234 g/mol. The maximum absolute atomic E-state index is 4.29. The van der Waals surface area contributed by atoms with E-state index in [-0.39, 0.29) is 0 Å². The van der Waals surface area contributed by atoms with Gasteiger partial charge in [0.2, 0.25) is 5.13 Å². The van der Waals surface area contributed by atoms with Crippen LogP contribution in [0, 0.1) is 0 Å². The first-order valence-corrected chi connectivity index (χ1v) is 6.75. The summed E-state index contributed by atoms with van der Waals surface area (Å²) >= 11 is 1.57. The fraction of sp³-hybridized carbons (Fsp3) is 0.545. The predicted molar refractivity (Wildman–Crippen MR) is 70.2 cm³/mol. The molecule has 0 unspecified atom stereocenters. The number of nitrogens with zero attached hydrogens (tertiary/aromatic N) is 4. The SMILES string of the molecule is CCCNc1nnc(-c2cnn(CCC)c2)s1. The topological polar surface area (TPSA) is 55.6 Å². The highest BCUT2D eigenvalue weighted by Gasteiger charge is 2.08. The van der Waals surface area contributed by atoms with Crippen LogP contribution in [0.2, 0.25) is 0 Å². The molecular formula is C11H17N5S. The zero-order chi connectivity index (χ0) is 12.1. The van der Waals surface area contributed by atoms with Crippen LogP contribution in [0.15, 0.2) is 12.4 Å². The molecule has 6 heteroatoms. The minimum absolute atomic E-state index is 0.880. The molecule has 2 rings (SSSR count). The Balaban J connectivity index is 2.07. The molecule has 5 nitrogen and oxygen atoms in total. The van der Waals surface area contributed by atoms with Crippen molar-refractivity contribution in [2.24, 2.45) is 0 Å². The summed E-state index contributed by atoms with van der Waals surface area (Å²) in [5, 5.41) is 17.6. The summed E-state index contributed by atoms with van der Waals surface area (Å²) in [7, 11) is 0. The smallest absolute Gasteiger partial charge is 0.206 e. The summed E-state index contributed by atoms with van der Waals surface area (Å²) in [6, 6.07) is 0. The van der Waals surface area contributed by atoms with Gasteiger partial charge in [-0.15, -0.1) is 10.2 Å². The highest BCUT2D eigenvalue weighted by molar-refractivity contribution is 7.18. The lowest BCUT2D eigenvalue weighted by molar-refractivity contribution is 0.603. The maximum Gasteiger partial charge on any atom is 0.206 e. The van der Waals surface area contributed by atoms with Crippen LogP contribution in [0.5, 0.6) is 0 Å². The van der Waals surface area contributed by atoms with Crippen LogP contribution in [-0.4, -0.2) is 26.5 Å². The molecule has 1 N–H and O–H groups in total. The summed E-state index contributed by atoms with van der Waals surface area (Å²) in [5.74, 6) is 0. The summed E-state index contributed by atoms with van der Waals surface area (Å²) in [6.45, 7) is 6.15. The molecule has 0 spiro atoms. The van der Waals surface area contributed by atoms with Gasteiger partial charge in [-0.25, -0.2) is 0 Å². The fourth-order valence-electron chi connectivity index (χ4n) is 1.47. The van der Waals surface area contributed by atoms with E-state index in [9.17, 15) is 0 Å². The molecule has 0 atom stereocenters. The average molecular weight is 251 g/mol. The second kappa shape index (κ2) is 5.77. The molecule has 92 valence electrons. The van der Waals surface area contributed by atoms with Gasteiger partial charge >= 0.3 is 0 Å². The molecule has 0 saturated heterocycles. The molecule has 2 aromatic heterocycles. The van der Waals surface area contributed by atoms with Gasteiger partial charge in [-0.1, -0.05) is 25.2 Å². The lowest BCUT2D eigenvalue weighted by Gasteiger charge is -1.95. The van der Waals surface area contributed by atoms with Gasteiger partial charge in [-0.3, -0.25) is 4.68 Å². The first-order valence-electron chi connectivity index (χ1n) is 5.93. The van der Waals surface area contributed by atoms with Crippen molar-refractivity contribution in [1.29, 1.82) is 0 Å². The van der Waals surface area contributed by atoms with Crippen molar-refractivity contribution in [3.05, 3.63) is 12.4 Å². The quantitative estimate of drug-likeness (QED) is 0.857.